The molecule has 0 atom stereocenters. The van der Waals surface area contributed by atoms with E-state index in [1.165, 1.54) is 54.4 Å². The van der Waals surface area contributed by atoms with Gasteiger partial charge in [0.05, 0.1) is 67.3 Å². The smallest absolute Gasteiger partial charge is 0.0972 e. The highest BCUT2D eigenvalue weighted by atomic mass is 14.8. The first kappa shape index (κ1) is 77.4. The van der Waals surface area contributed by atoms with Crippen LogP contribution in [0.4, 0.5) is 0 Å². The average molecular weight is 1660 g/mol. The van der Waals surface area contributed by atoms with Crippen LogP contribution < -0.4 is 0 Å². The zero-order chi connectivity index (χ0) is 86.2. The summed E-state index contributed by atoms with van der Waals surface area (Å²) in [4.78, 5) is 39.4. The van der Waals surface area contributed by atoms with E-state index in [9.17, 15) is 0 Å². The molecule has 0 fully saturated rings. The third-order valence-electron chi connectivity index (χ3n) is 24.9. The molecule has 606 valence electrons. The summed E-state index contributed by atoms with van der Waals surface area (Å²) in [5, 5.41) is 16.4. The molecule has 0 spiro atoms. The number of benzene rings is 17. The van der Waals surface area contributed by atoms with Crippen molar-refractivity contribution in [1.29, 1.82) is 0 Å². The van der Waals surface area contributed by atoms with Crippen LogP contribution in [0.5, 0.6) is 0 Å². The largest absolute Gasteiger partial charge is 0.256 e. The second-order valence-corrected chi connectivity index (χ2v) is 32.9. The van der Waals surface area contributed by atoms with E-state index in [1.807, 2.05) is 61.2 Å². The molecule has 130 heavy (non-hydrogen) atoms. The molecule has 0 amide bonds. The highest BCUT2D eigenvalue weighted by Gasteiger charge is 2.20. The van der Waals surface area contributed by atoms with Gasteiger partial charge in [-0.15, -0.1) is 0 Å². The van der Waals surface area contributed by atoms with Gasteiger partial charge >= 0.3 is 0 Å². The Balaban J connectivity index is 0.000000112. The number of fused-ring (bicyclic) bond motifs is 13. The summed E-state index contributed by atoms with van der Waals surface area (Å²) < 4.78 is 0. The van der Waals surface area contributed by atoms with Crippen molar-refractivity contribution in [2.45, 2.75) is 0 Å². The number of rotatable bonds is 12. The third kappa shape index (κ3) is 15.3. The molecular weight excluding hydrogens is 1580 g/mol. The van der Waals surface area contributed by atoms with Crippen molar-refractivity contribution in [2.24, 2.45) is 0 Å². The van der Waals surface area contributed by atoms with E-state index >= 15 is 0 Å². The van der Waals surface area contributed by atoms with Crippen LogP contribution in [-0.4, -0.2) is 39.9 Å². The highest BCUT2D eigenvalue weighted by Crippen LogP contribution is 2.44. The number of hydrogen-bond acceptors (Lipinski definition) is 8. The van der Waals surface area contributed by atoms with Gasteiger partial charge in [-0.1, -0.05) is 346 Å². The molecule has 0 radical (unpaired) electrons. The van der Waals surface area contributed by atoms with Gasteiger partial charge in [-0.25, -0.2) is 19.9 Å². The Labute approximate surface area is 751 Å². The van der Waals surface area contributed by atoms with Crippen LogP contribution >= 0.6 is 0 Å². The molecule has 0 unspecified atom stereocenters. The van der Waals surface area contributed by atoms with Gasteiger partial charge in [0.1, 0.15) is 0 Å². The van der Waals surface area contributed by atoms with Crippen molar-refractivity contribution in [3.8, 4) is 134 Å². The van der Waals surface area contributed by atoms with Crippen LogP contribution in [0.3, 0.4) is 0 Å². The van der Waals surface area contributed by atoms with Crippen LogP contribution in [0, 0.1) is 0 Å². The van der Waals surface area contributed by atoms with Gasteiger partial charge in [0.2, 0.25) is 0 Å². The van der Waals surface area contributed by atoms with Crippen LogP contribution in [0.25, 0.3) is 243 Å². The maximum Gasteiger partial charge on any atom is 0.0972 e. The van der Waals surface area contributed by atoms with Crippen molar-refractivity contribution < 1.29 is 0 Å². The van der Waals surface area contributed by atoms with Crippen LogP contribution in [-0.2, 0) is 0 Å². The summed E-state index contributed by atoms with van der Waals surface area (Å²) in [6, 6.07) is 158. The molecule has 25 rings (SSSR count). The maximum atomic E-state index is 5.22. The number of nitrogens with zero attached hydrogens (tertiary/aromatic N) is 8. The van der Waals surface area contributed by atoms with Crippen LogP contribution in [0.1, 0.15) is 0 Å². The molecule has 0 aliphatic carbocycles. The molecule has 0 aliphatic rings. The molecule has 0 N–H and O–H groups in total. The standard InChI is InChI=1S/C48H32N2.C40H26N2.C34H20N4/c1-4-14-33(15-5-1)37-24-25-46(49-32-37)41-27-38(26-40(28-41)45-29-36-20-10-11-21-42(36)43-22-12-13-23-44(43)45)39-30-47(34-16-6-2-7-17-34)50-48(31-39)35-18-8-3-9-19-35;1-2-8-27(9-3-1)33-21-22-36-37(26-38(42-39(36)25-33)34-20-15-28-10-4-5-11-32(28)24-34)30-18-16-29(17-19-30)35-14-6-12-31-13-7-23-41-40(31)35;1-3-22-7-9-24-13-15-29(37-33(24)31(22)35-17-1)26-11-5-21-6-12-27(20-28(21)19-26)30-16-14-25-10-8-23-4-2-18-36-32(23)34(25)38-30/h1-32H;1-26H;1-20H. The molecule has 0 aliphatic heterocycles. The number of hydrogen-bond donors (Lipinski definition) is 0. The molecule has 0 saturated heterocycles. The SMILES string of the molecule is c1ccc(-c2ccc(-c3cc(-c4cc(-c5ccccc5)nc(-c5ccccc5)c4)cc(-c4cc5ccccc5c5ccccc45)c3)nc2)cc1.c1ccc(-c2ccc3c(-c4ccc(-c5cccc6cccnc56)cc4)cc(-c4ccc5ccccc5c4)nc3c2)cc1.c1cnc2c(c1)ccc1ccc(-c3ccc4ccc(-c5ccc6ccc7cccnc7c6n5)cc4c3)nc12. The van der Waals surface area contributed by atoms with Crippen molar-refractivity contribution in [1.82, 2.24) is 39.9 Å². The summed E-state index contributed by atoms with van der Waals surface area (Å²) in [5.74, 6) is 0. The number of pyridine rings is 8. The summed E-state index contributed by atoms with van der Waals surface area (Å²) in [5.41, 5.74) is 31.7. The lowest BCUT2D eigenvalue weighted by molar-refractivity contribution is 1.32. The number of aromatic nitrogens is 8. The molecule has 8 heterocycles. The molecule has 8 heteroatoms. The van der Waals surface area contributed by atoms with Crippen LogP contribution in [0.2, 0.25) is 0 Å². The molecule has 0 bridgehead atoms. The lowest BCUT2D eigenvalue weighted by atomic mass is 9.89. The van der Waals surface area contributed by atoms with E-state index in [4.69, 9.17) is 24.9 Å². The Bertz CT molecular complexity index is 8430. The normalized spacial score (nSPS) is 11.4. The molecule has 0 saturated carbocycles. The quantitative estimate of drug-likeness (QED) is 0.111. The lowest BCUT2D eigenvalue weighted by Gasteiger charge is -2.16. The Hall–Kier alpha value is -17.5. The molecule has 8 aromatic heterocycles. The minimum absolute atomic E-state index is 0.927. The summed E-state index contributed by atoms with van der Waals surface area (Å²) in [6.45, 7) is 0. The Kier molecular flexibility index (Phi) is 20.2. The summed E-state index contributed by atoms with van der Waals surface area (Å²) in [7, 11) is 0. The second kappa shape index (κ2) is 33.9. The van der Waals surface area contributed by atoms with Crippen molar-refractivity contribution in [3.63, 3.8) is 0 Å². The van der Waals surface area contributed by atoms with Crippen molar-refractivity contribution >= 4 is 109 Å². The topological polar surface area (TPSA) is 103 Å². The minimum Gasteiger partial charge on any atom is -0.256 e. The fourth-order valence-corrected chi connectivity index (χ4v) is 18.2. The van der Waals surface area contributed by atoms with Gasteiger partial charge < -0.3 is 0 Å². The van der Waals surface area contributed by atoms with E-state index < -0.39 is 0 Å². The predicted molar refractivity (Wildman–Crippen MR) is 542 cm³/mol. The lowest BCUT2D eigenvalue weighted by Crippen LogP contribution is -1.93. The van der Waals surface area contributed by atoms with Gasteiger partial charge in [0.25, 0.3) is 0 Å². The van der Waals surface area contributed by atoms with E-state index in [-0.39, 0.29) is 0 Å². The first-order valence-electron chi connectivity index (χ1n) is 43.9. The van der Waals surface area contributed by atoms with Gasteiger partial charge in [0.15, 0.2) is 0 Å². The molecule has 8 nitrogen and oxygen atoms in total. The predicted octanol–water partition coefficient (Wildman–Crippen LogP) is 31.8. The molecule has 17 aromatic carbocycles. The van der Waals surface area contributed by atoms with E-state index in [0.29, 0.717) is 0 Å². The maximum absolute atomic E-state index is 5.22. The van der Waals surface area contributed by atoms with Gasteiger partial charge in [-0.05, 0) is 202 Å². The summed E-state index contributed by atoms with van der Waals surface area (Å²) >= 11 is 0. The van der Waals surface area contributed by atoms with Crippen LogP contribution in [0.15, 0.2) is 474 Å². The zero-order valence-electron chi connectivity index (χ0n) is 70.6. The fourth-order valence-electron chi connectivity index (χ4n) is 18.2. The zero-order valence-corrected chi connectivity index (χ0v) is 70.6. The Morgan fingerprint density at radius 2 is 0.531 bits per heavy atom. The minimum atomic E-state index is 0.927. The van der Waals surface area contributed by atoms with Gasteiger partial charge in [-0.2, -0.15) is 0 Å². The van der Waals surface area contributed by atoms with Gasteiger partial charge in [-0.3, -0.25) is 19.9 Å². The monoisotopic (exact) mass is 1650 g/mol. The van der Waals surface area contributed by atoms with E-state index in [1.54, 1.807) is 0 Å². The third-order valence-corrected chi connectivity index (χ3v) is 24.9. The second-order valence-electron chi connectivity index (χ2n) is 32.9. The first-order valence-corrected chi connectivity index (χ1v) is 43.9. The fraction of sp³-hybridized carbons (Fsp3) is 0. The van der Waals surface area contributed by atoms with Gasteiger partial charge in [0, 0.05) is 102 Å². The van der Waals surface area contributed by atoms with Crippen molar-refractivity contribution in [2.75, 3.05) is 0 Å². The average Bonchev–Trinajstić information content (AvgIpc) is 0.744. The van der Waals surface area contributed by atoms with E-state index in [0.717, 1.165) is 188 Å². The number of para-hydroxylation sites is 1. The Morgan fingerprint density at radius 3 is 1.13 bits per heavy atom. The first-order chi connectivity index (χ1) is 64.4. The highest BCUT2D eigenvalue weighted by molar-refractivity contribution is 6.15. The van der Waals surface area contributed by atoms with Crippen molar-refractivity contribution in [3.05, 3.63) is 474 Å². The summed E-state index contributed by atoms with van der Waals surface area (Å²) in [6.07, 6.45) is 7.50. The Morgan fingerprint density at radius 1 is 0.131 bits per heavy atom. The molecule has 25 aromatic rings. The molecular formula is C122H78N8. The van der Waals surface area contributed by atoms with E-state index in [2.05, 4.69) is 427 Å².